The lowest BCUT2D eigenvalue weighted by Gasteiger charge is -2.35. The van der Waals surface area contributed by atoms with Gasteiger partial charge in [-0.2, -0.15) is 0 Å². The van der Waals surface area contributed by atoms with E-state index < -0.39 is 10.8 Å². The van der Waals surface area contributed by atoms with Gasteiger partial charge in [0.1, 0.15) is 11.2 Å². The Morgan fingerprint density at radius 2 is 0.681 bits per heavy atom. The van der Waals surface area contributed by atoms with Crippen LogP contribution >= 0.6 is 0 Å². The van der Waals surface area contributed by atoms with Gasteiger partial charge in [0.15, 0.2) is 17.5 Å². The fourth-order valence-corrected chi connectivity index (χ4v) is 12.0. The van der Waals surface area contributed by atoms with Crippen LogP contribution in [0.4, 0.5) is 0 Å². The molecular formula is C65H41N3O. The van der Waals surface area contributed by atoms with Crippen LogP contribution in [0.2, 0.25) is 0 Å². The average molecular weight is 880 g/mol. The molecule has 10 aromatic carbocycles. The number of benzene rings is 10. The van der Waals surface area contributed by atoms with Crippen molar-refractivity contribution in [1.29, 1.82) is 0 Å². The Morgan fingerprint density at radius 1 is 0.275 bits per heavy atom. The minimum absolute atomic E-state index is 0.541. The van der Waals surface area contributed by atoms with Gasteiger partial charge >= 0.3 is 0 Å². The summed E-state index contributed by atoms with van der Waals surface area (Å²) in [7, 11) is 0. The zero-order chi connectivity index (χ0) is 45.5. The largest absolute Gasteiger partial charge is 0.455 e. The normalized spacial score (nSPS) is 13.7. The van der Waals surface area contributed by atoms with E-state index in [2.05, 4.69) is 237 Å². The van der Waals surface area contributed by atoms with Crippen molar-refractivity contribution in [2.45, 2.75) is 10.8 Å². The molecule has 12 aromatic rings. The number of hydrogen-bond donors (Lipinski definition) is 0. The number of aromatic nitrogens is 3. The molecule has 0 amide bonds. The van der Waals surface area contributed by atoms with Gasteiger partial charge in [-0.25, -0.2) is 15.0 Å². The minimum Gasteiger partial charge on any atom is -0.455 e. The van der Waals surface area contributed by atoms with Gasteiger partial charge < -0.3 is 4.42 Å². The number of para-hydroxylation sites is 2. The summed E-state index contributed by atoms with van der Waals surface area (Å²) in [5.74, 6) is 1.72. The summed E-state index contributed by atoms with van der Waals surface area (Å²) in [5.41, 5.74) is 17.1. The van der Waals surface area contributed by atoms with Gasteiger partial charge in [0.05, 0.1) is 16.4 Å². The Labute approximate surface area is 399 Å². The van der Waals surface area contributed by atoms with Crippen molar-refractivity contribution in [2.75, 3.05) is 0 Å². The van der Waals surface area contributed by atoms with Crippen molar-refractivity contribution < 1.29 is 4.42 Å². The van der Waals surface area contributed by atoms with E-state index in [-0.39, 0.29) is 0 Å². The van der Waals surface area contributed by atoms with Crippen LogP contribution in [0.5, 0.6) is 0 Å². The van der Waals surface area contributed by atoms with Gasteiger partial charge in [-0.3, -0.25) is 0 Å². The molecule has 0 aliphatic heterocycles. The summed E-state index contributed by atoms with van der Waals surface area (Å²) < 4.78 is 6.74. The van der Waals surface area contributed by atoms with E-state index in [1.807, 2.05) is 12.1 Å². The molecule has 4 heteroatoms. The topological polar surface area (TPSA) is 51.8 Å². The monoisotopic (exact) mass is 879 g/mol. The first-order chi connectivity index (χ1) is 34.2. The summed E-state index contributed by atoms with van der Waals surface area (Å²) in [4.78, 5) is 16.9. The van der Waals surface area contributed by atoms with Crippen LogP contribution in [0.1, 0.15) is 44.5 Å². The molecule has 0 N–H and O–H groups in total. The fourth-order valence-electron chi connectivity index (χ4n) is 12.0. The second kappa shape index (κ2) is 15.3. The lowest BCUT2D eigenvalue weighted by molar-refractivity contribution is 0.669. The predicted molar refractivity (Wildman–Crippen MR) is 278 cm³/mol. The van der Waals surface area contributed by atoms with Crippen molar-refractivity contribution >= 4 is 21.9 Å². The standard InChI is InChI=1S/C65H41N3O/c1-5-22-42(23-6-1)64(43-24-7-2-8-25-43)55-39-17-14-32-50(55)58-51(35-21-40-56(58)64)61-66-62(68-63(67-61)53-37-20-34-49-47-31-15-18-41-57(47)69-60(49)53)52-36-19-33-48-46-30-13-16-38-54(46)65(59(48)52,44-26-9-3-10-27-44)45-28-11-4-12-29-45/h1-41H. The van der Waals surface area contributed by atoms with E-state index in [1.54, 1.807) is 0 Å². The Bertz CT molecular complexity index is 3880. The molecular weight excluding hydrogens is 839 g/mol. The van der Waals surface area contributed by atoms with Crippen LogP contribution in [0, 0.1) is 0 Å². The molecule has 0 bridgehead atoms. The molecule has 0 atom stereocenters. The first-order valence-electron chi connectivity index (χ1n) is 23.6. The zero-order valence-corrected chi connectivity index (χ0v) is 37.4. The predicted octanol–water partition coefficient (Wildman–Crippen LogP) is 15.5. The molecule has 322 valence electrons. The van der Waals surface area contributed by atoms with Crippen molar-refractivity contribution in [3.05, 3.63) is 293 Å². The molecule has 0 saturated heterocycles. The SMILES string of the molecule is c1ccc(C2(c3ccccc3)c3ccccc3-c3c(-c4nc(-c5cccc6c5C(c5ccccc5)(c5ccccc5)c5ccccc5-6)nc(-c5cccc6c5oc5ccccc56)n4)cccc32)cc1. The van der Waals surface area contributed by atoms with E-state index in [9.17, 15) is 0 Å². The lowest BCUT2D eigenvalue weighted by Crippen LogP contribution is -2.29. The van der Waals surface area contributed by atoms with Crippen LogP contribution in [-0.4, -0.2) is 15.0 Å². The van der Waals surface area contributed by atoms with E-state index in [0.29, 0.717) is 17.5 Å². The molecule has 69 heavy (non-hydrogen) atoms. The molecule has 2 aromatic heterocycles. The van der Waals surface area contributed by atoms with Crippen molar-refractivity contribution in [2.24, 2.45) is 0 Å². The lowest BCUT2D eigenvalue weighted by atomic mass is 9.66. The Morgan fingerprint density at radius 3 is 1.33 bits per heavy atom. The molecule has 0 fully saturated rings. The smallest absolute Gasteiger partial charge is 0.167 e. The minimum atomic E-state index is -0.686. The van der Waals surface area contributed by atoms with Crippen molar-refractivity contribution in [3.8, 4) is 56.4 Å². The molecule has 14 rings (SSSR count). The molecule has 0 saturated carbocycles. The highest BCUT2D eigenvalue weighted by Crippen LogP contribution is 2.60. The third-order valence-corrected chi connectivity index (χ3v) is 14.7. The first-order valence-corrected chi connectivity index (χ1v) is 23.6. The van der Waals surface area contributed by atoms with Crippen LogP contribution in [0.15, 0.2) is 253 Å². The van der Waals surface area contributed by atoms with Crippen LogP contribution in [-0.2, 0) is 10.8 Å². The molecule has 2 aliphatic rings. The summed E-state index contributed by atoms with van der Waals surface area (Å²) in [6.07, 6.45) is 0. The van der Waals surface area contributed by atoms with Crippen LogP contribution in [0.3, 0.4) is 0 Å². The second-order valence-electron chi connectivity index (χ2n) is 18.1. The second-order valence-corrected chi connectivity index (χ2v) is 18.1. The van der Waals surface area contributed by atoms with Gasteiger partial charge in [-0.1, -0.05) is 237 Å². The number of furan rings is 1. The maximum absolute atomic E-state index is 6.74. The maximum Gasteiger partial charge on any atom is 0.167 e. The highest BCUT2D eigenvalue weighted by molar-refractivity contribution is 6.09. The Hall–Kier alpha value is -8.99. The van der Waals surface area contributed by atoms with Crippen LogP contribution < -0.4 is 0 Å². The Kier molecular flexibility index (Phi) is 8.68. The molecule has 0 spiro atoms. The number of rotatable bonds is 7. The van der Waals surface area contributed by atoms with Crippen LogP contribution in [0.25, 0.3) is 78.4 Å². The third kappa shape index (κ3) is 5.54. The van der Waals surface area contributed by atoms with Gasteiger partial charge in [0.25, 0.3) is 0 Å². The van der Waals surface area contributed by atoms with Gasteiger partial charge in [0, 0.05) is 21.9 Å². The summed E-state index contributed by atoms with van der Waals surface area (Å²) in [5, 5.41) is 2.06. The van der Waals surface area contributed by atoms with E-state index in [4.69, 9.17) is 19.4 Å². The number of nitrogens with zero attached hydrogens (tertiary/aromatic N) is 3. The molecule has 0 radical (unpaired) electrons. The van der Waals surface area contributed by atoms with Gasteiger partial charge in [0.2, 0.25) is 0 Å². The first kappa shape index (κ1) is 39.2. The quantitative estimate of drug-likeness (QED) is 0.160. The highest BCUT2D eigenvalue weighted by atomic mass is 16.3. The third-order valence-electron chi connectivity index (χ3n) is 14.7. The zero-order valence-electron chi connectivity index (χ0n) is 37.4. The number of fused-ring (bicyclic) bond motifs is 9. The van der Waals surface area contributed by atoms with Gasteiger partial charge in [-0.05, 0) is 78.9 Å². The number of hydrogen-bond acceptors (Lipinski definition) is 4. The van der Waals surface area contributed by atoms with Crippen molar-refractivity contribution in [3.63, 3.8) is 0 Å². The molecule has 2 aliphatic carbocycles. The van der Waals surface area contributed by atoms with E-state index in [0.717, 1.165) is 60.9 Å². The summed E-state index contributed by atoms with van der Waals surface area (Å²) in [6.45, 7) is 0. The van der Waals surface area contributed by atoms with E-state index in [1.165, 1.54) is 44.5 Å². The maximum atomic E-state index is 6.74. The van der Waals surface area contributed by atoms with Crippen molar-refractivity contribution in [1.82, 2.24) is 15.0 Å². The molecule has 2 heterocycles. The van der Waals surface area contributed by atoms with E-state index >= 15 is 0 Å². The fraction of sp³-hybridized carbons (Fsp3) is 0.0308. The van der Waals surface area contributed by atoms with Gasteiger partial charge in [-0.15, -0.1) is 0 Å². The Balaban J connectivity index is 1.10. The average Bonchev–Trinajstić information content (AvgIpc) is 4.07. The summed E-state index contributed by atoms with van der Waals surface area (Å²) in [6, 6.07) is 89.2. The highest BCUT2D eigenvalue weighted by Gasteiger charge is 2.49. The molecule has 4 nitrogen and oxygen atoms in total. The molecule has 0 unspecified atom stereocenters. The summed E-state index contributed by atoms with van der Waals surface area (Å²) >= 11 is 0.